The molecule has 0 saturated carbocycles. The normalized spacial score (nSPS) is 17.4. The summed E-state index contributed by atoms with van der Waals surface area (Å²) in [6.07, 6.45) is 3.10. The van der Waals surface area contributed by atoms with Crippen molar-refractivity contribution in [2.45, 2.75) is 12.8 Å². The van der Waals surface area contributed by atoms with E-state index in [0.717, 1.165) is 18.5 Å². The SMILES string of the molecule is O=C(Nc1ccccc1)C1CCCN(C(=O)c2cccnc2Cl)C1. The first-order chi connectivity index (χ1) is 11.6. The Morgan fingerprint density at radius 3 is 2.71 bits per heavy atom. The molecule has 0 spiro atoms. The molecule has 1 saturated heterocycles. The van der Waals surface area contributed by atoms with E-state index in [1.807, 2.05) is 30.3 Å². The summed E-state index contributed by atoms with van der Waals surface area (Å²) in [6.45, 7) is 1.02. The van der Waals surface area contributed by atoms with Crippen molar-refractivity contribution >= 4 is 29.1 Å². The van der Waals surface area contributed by atoms with Crippen molar-refractivity contribution in [2.75, 3.05) is 18.4 Å². The van der Waals surface area contributed by atoms with E-state index in [1.165, 1.54) is 0 Å². The smallest absolute Gasteiger partial charge is 0.257 e. The van der Waals surface area contributed by atoms with Crippen LogP contribution in [-0.2, 0) is 4.79 Å². The van der Waals surface area contributed by atoms with Gasteiger partial charge in [0.05, 0.1) is 11.5 Å². The molecule has 0 radical (unpaired) electrons. The van der Waals surface area contributed by atoms with Crippen LogP contribution in [0, 0.1) is 5.92 Å². The van der Waals surface area contributed by atoms with Crippen LogP contribution in [0.4, 0.5) is 5.69 Å². The predicted molar refractivity (Wildman–Crippen MR) is 92.9 cm³/mol. The summed E-state index contributed by atoms with van der Waals surface area (Å²) in [6, 6.07) is 12.7. The molecular formula is C18H18ClN3O2. The summed E-state index contributed by atoms with van der Waals surface area (Å²) in [5.41, 5.74) is 1.14. The molecule has 1 unspecified atom stereocenters. The summed E-state index contributed by atoms with van der Waals surface area (Å²) in [4.78, 5) is 30.7. The highest BCUT2D eigenvalue weighted by atomic mass is 35.5. The number of para-hydroxylation sites is 1. The molecule has 1 aliphatic heterocycles. The third kappa shape index (κ3) is 3.74. The van der Waals surface area contributed by atoms with Gasteiger partial charge in [0.2, 0.25) is 5.91 Å². The van der Waals surface area contributed by atoms with Crippen LogP contribution in [0.15, 0.2) is 48.7 Å². The van der Waals surface area contributed by atoms with Crippen LogP contribution >= 0.6 is 11.6 Å². The molecule has 2 amide bonds. The molecule has 2 aromatic rings. The zero-order valence-corrected chi connectivity index (χ0v) is 13.9. The molecule has 1 fully saturated rings. The average molecular weight is 344 g/mol. The molecule has 1 aromatic heterocycles. The van der Waals surface area contributed by atoms with Gasteiger partial charge in [0.15, 0.2) is 0 Å². The van der Waals surface area contributed by atoms with Crippen molar-refractivity contribution in [1.29, 1.82) is 0 Å². The molecular weight excluding hydrogens is 326 g/mol. The van der Waals surface area contributed by atoms with Gasteiger partial charge in [-0.3, -0.25) is 9.59 Å². The van der Waals surface area contributed by atoms with Crippen LogP contribution in [0.25, 0.3) is 0 Å². The lowest BCUT2D eigenvalue weighted by molar-refractivity contribution is -0.121. The minimum atomic E-state index is -0.224. The number of likely N-dealkylation sites (tertiary alicyclic amines) is 1. The molecule has 124 valence electrons. The summed E-state index contributed by atoms with van der Waals surface area (Å²) < 4.78 is 0. The van der Waals surface area contributed by atoms with Crippen LogP contribution in [0.2, 0.25) is 5.15 Å². The molecule has 1 N–H and O–H groups in total. The van der Waals surface area contributed by atoms with Gasteiger partial charge in [-0.25, -0.2) is 4.98 Å². The summed E-state index contributed by atoms with van der Waals surface area (Å²) in [5.74, 6) is -0.459. The molecule has 24 heavy (non-hydrogen) atoms. The fraction of sp³-hybridized carbons (Fsp3) is 0.278. The van der Waals surface area contributed by atoms with E-state index in [0.29, 0.717) is 18.7 Å². The van der Waals surface area contributed by atoms with Crippen LogP contribution in [0.1, 0.15) is 23.2 Å². The molecule has 1 aromatic carbocycles. The molecule has 1 atom stereocenters. The van der Waals surface area contributed by atoms with Crippen LogP contribution < -0.4 is 5.32 Å². The highest BCUT2D eigenvalue weighted by molar-refractivity contribution is 6.32. The van der Waals surface area contributed by atoms with Gasteiger partial charge in [0, 0.05) is 25.0 Å². The van der Waals surface area contributed by atoms with Crippen molar-refractivity contribution in [3.05, 3.63) is 59.4 Å². The lowest BCUT2D eigenvalue weighted by Crippen LogP contribution is -2.43. The number of carbonyl (C=O) groups is 2. The first-order valence-electron chi connectivity index (χ1n) is 7.91. The predicted octanol–water partition coefficient (Wildman–Crippen LogP) is 3.23. The Hall–Kier alpha value is -2.40. The Morgan fingerprint density at radius 2 is 1.96 bits per heavy atom. The molecule has 2 heterocycles. The number of halogens is 1. The maximum atomic E-state index is 12.6. The third-order valence-corrected chi connectivity index (χ3v) is 4.41. The fourth-order valence-electron chi connectivity index (χ4n) is 2.86. The van der Waals surface area contributed by atoms with E-state index in [9.17, 15) is 9.59 Å². The average Bonchev–Trinajstić information content (AvgIpc) is 2.62. The summed E-state index contributed by atoms with van der Waals surface area (Å²) >= 11 is 6.01. The number of nitrogens with one attached hydrogen (secondary N) is 1. The van der Waals surface area contributed by atoms with Gasteiger partial charge < -0.3 is 10.2 Å². The van der Waals surface area contributed by atoms with Gasteiger partial charge in [-0.2, -0.15) is 0 Å². The Labute approximate surface area is 145 Å². The Kier molecular flexibility index (Phi) is 5.11. The van der Waals surface area contributed by atoms with E-state index in [4.69, 9.17) is 11.6 Å². The van der Waals surface area contributed by atoms with E-state index in [1.54, 1.807) is 23.2 Å². The van der Waals surface area contributed by atoms with Crippen LogP contribution in [0.3, 0.4) is 0 Å². The number of hydrogen-bond donors (Lipinski definition) is 1. The minimum Gasteiger partial charge on any atom is -0.338 e. The van der Waals surface area contributed by atoms with Crippen LogP contribution in [0.5, 0.6) is 0 Å². The number of piperidine rings is 1. The second-order valence-corrected chi connectivity index (χ2v) is 6.15. The molecule has 0 aliphatic carbocycles. The number of amides is 2. The number of nitrogens with zero attached hydrogens (tertiary/aromatic N) is 2. The highest BCUT2D eigenvalue weighted by Crippen LogP contribution is 2.22. The van der Waals surface area contributed by atoms with Crippen molar-refractivity contribution in [2.24, 2.45) is 5.92 Å². The standard InChI is InChI=1S/C18H18ClN3O2/c19-16-15(9-4-10-20-16)18(24)22-11-5-6-13(12-22)17(23)21-14-7-2-1-3-8-14/h1-4,7-10,13H,5-6,11-12H2,(H,21,23). The second kappa shape index (κ2) is 7.45. The third-order valence-electron chi connectivity index (χ3n) is 4.11. The molecule has 5 nitrogen and oxygen atoms in total. The lowest BCUT2D eigenvalue weighted by Gasteiger charge is -2.32. The van der Waals surface area contributed by atoms with Gasteiger partial charge in [0.25, 0.3) is 5.91 Å². The quantitative estimate of drug-likeness (QED) is 0.870. The number of hydrogen-bond acceptors (Lipinski definition) is 3. The largest absolute Gasteiger partial charge is 0.338 e. The van der Waals surface area contributed by atoms with E-state index in [2.05, 4.69) is 10.3 Å². The first-order valence-corrected chi connectivity index (χ1v) is 8.28. The van der Waals surface area contributed by atoms with Crippen LogP contribution in [-0.4, -0.2) is 34.8 Å². The highest BCUT2D eigenvalue weighted by Gasteiger charge is 2.29. The maximum absolute atomic E-state index is 12.6. The lowest BCUT2D eigenvalue weighted by atomic mass is 9.96. The van der Waals surface area contributed by atoms with E-state index >= 15 is 0 Å². The number of pyridine rings is 1. The maximum Gasteiger partial charge on any atom is 0.257 e. The Morgan fingerprint density at radius 1 is 1.17 bits per heavy atom. The fourth-order valence-corrected chi connectivity index (χ4v) is 3.06. The minimum absolute atomic E-state index is 0.0593. The van der Waals surface area contributed by atoms with Gasteiger partial charge in [-0.15, -0.1) is 0 Å². The van der Waals surface area contributed by atoms with Crippen molar-refractivity contribution in [3.8, 4) is 0 Å². The molecule has 0 bridgehead atoms. The number of benzene rings is 1. The van der Waals surface area contributed by atoms with Gasteiger partial charge in [0.1, 0.15) is 5.15 Å². The zero-order chi connectivity index (χ0) is 16.9. The molecule has 3 rings (SSSR count). The van der Waals surface area contributed by atoms with Gasteiger partial charge in [-0.05, 0) is 37.1 Å². The number of carbonyl (C=O) groups excluding carboxylic acids is 2. The monoisotopic (exact) mass is 343 g/mol. The number of aromatic nitrogens is 1. The Balaban J connectivity index is 1.67. The zero-order valence-electron chi connectivity index (χ0n) is 13.1. The van der Waals surface area contributed by atoms with Crippen molar-refractivity contribution in [3.63, 3.8) is 0 Å². The van der Waals surface area contributed by atoms with Gasteiger partial charge >= 0.3 is 0 Å². The van der Waals surface area contributed by atoms with Crippen molar-refractivity contribution in [1.82, 2.24) is 9.88 Å². The first kappa shape index (κ1) is 16.5. The topological polar surface area (TPSA) is 62.3 Å². The second-order valence-electron chi connectivity index (χ2n) is 5.79. The summed E-state index contributed by atoms with van der Waals surface area (Å²) in [5, 5.41) is 3.10. The molecule has 6 heteroatoms. The number of anilines is 1. The van der Waals surface area contributed by atoms with E-state index < -0.39 is 0 Å². The van der Waals surface area contributed by atoms with Crippen molar-refractivity contribution < 1.29 is 9.59 Å². The summed E-state index contributed by atoms with van der Waals surface area (Å²) in [7, 11) is 0. The molecule has 1 aliphatic rings. The van der Waals surface area contributed by atoms with Gasteiger partial charge in [-0.1, -0.05) is 29.8 Å². The Bertz CT molecular complexity index is 736. The van der Waals surface area contributed by atoms with E-state index in [-0.39, 0.29) is 22.9 Å². The number of rotatable bonds is 3.